The molecule has 83 heavy (non-hydrogen) atoms. The topological polar surface area (TPSA) is 325 Å². The molecule has 446 valence electrons. The molecule has 1 aliphatic heterocycles. The Morgan fingerprint density at radius 1 is 0.614 bits per heavy atom. The van der Waals surface area contributed by atoms with Crippen LogP contribution in [0.1, 0.15) is 117 Å². The Labute approximate surface area is 485 Å². The maximum absolute atomic E-state index is 12.1. The van der Waals surface area contributed by atoms with Crippen molar-refractivity contribution in [3.8, 4) is 17.2 Å². The van der Waals surface area contributed by atoms with E-state index >= 15 is 0 Å². The summed E-state index contributed by atoms with van der Waals surface area (Å²) in [6.07, 6.45) is 7.98. The minimum Gasteiger partial charge on any atom is -0.493 e. The van der Waals surface area contributed by atoms with E-state index in [0.29, 0.717) is 60.9 Å². The SMILES string of the molecule is CCCC(=O)NC(C)(C)COc1cccc2nc(C)cc(N)c12.Cc1cc(N)c2c(OCC3CCC(C(=O)NC(C)C)CC3)cccc2n1.Cc1cc(N)c2c(OCC3CCN(C(=O)C(C)C)CC3)cccc2n1.O=C=O.O=C=O.O=C=O. The predicted molar refractivity (Wildman–Crippen MR) is 314 cm³/mol. The number of aryl methyl sites for hydroxylation is 3. The highest BCUT2D eigenvalue weighted by Crippen LogP contribution is 2.35. The number of carbonyl (C=O) groups is 3. The van der Waals surface area contributed by atoms with Crippen molar-refractivity contribution in [1.29, 1.82) is 0 Å². The van der Waals surface area contributed by atoms with E-state index in [2.05, 4.69) is 25.6 Å². The Balaban J connectivity index is 0.000000304. The molecule has 8 N–H and O–H groups in total. The lowest BCUT2D eigenvalue weighted by Gasteiger charge is -2.33. The quantitative estimate of drug-likeness (QED) is 0.0642. The first kappa shape index (κ1) is 68.5. The molecule has 0 bridgehead atoms. The number of nitrogens with one attached hydrogen (secondary N) is 2. The van der Waals surface area contributed by atoms with Gasteiger partial charge in [0.05, 0.1) is 51.5 Å². The molecule has 8 rings (SSSR count). The van der Waals surface area contributed by atoms with Crippen LogP contribution < -0.4 is 42.0 Å². The highest BCUT2D eigenvalue weighted by atomic mass is 16.5. The first-order valence-corrected chi connectivity index (χ1v) is 27.7. The van der Waals surface area contributed by atoms with Crippen LogP contribution in [0.3, 0.4) is 0 Å². The van der Waals surface area contributed by atoms with E-state index in [9.17, 15) is 14.4 Å². The predicted octanol–water partition coefficient (Wildman–Crippen LogP) is 8.68. The molecular formula is C62H81N9O12. The monoisotopic (exact) mass is 1140 g/mol. The molecule has 1 aliphatic carbocycles. The van der Waals surface area contributed by atoms with Crippen molar-refractivity contribution in [2.45, 2.75) is 132 Å². The lowest BCUT2D eigenvalue weighted by atomic mass is 9.82. The number of nitrogens with two attached hydrogens (primary N) is 3. The van der Waals surface area contributed by atoms with E-state index in [4.69, 9.17) is 60.2 Å². The van der Waals surface area contributed by atoms with Crippen molar-refractivity contribution >= 4 is 85.9 Å². The Hall–Kier alpha value is -8.76. The highest BCUT2D eigenvalue weighted by Gasteiger charge is 2.28. The summed E-state index contributed by atoms with van der Waals surface area (Å²) < 4.78 is 18.2. The molecule has 21 nitrogen and oxygen atoms in total. The van der Waals surface area contributed by atoms with Gasteiger partial charge in [0, 0.05) is 71.5 Å². The van der Waals surface area contributed by atoms with Crippen LogP contribution in [0.25, 0.3) is 32.7 Å². The van der Waals surface area contributed by atoms with Crippen LogP contribution in [0.2, 0.25) is 0 Å². The highest BCUT2D eigenvalue weighted by molar-refractivity contribution is 5.97. The van der Waals surface area contributed by atoms with Crippen LogP contribution in [-0.2, 0) is 43.2 Å². The normalized spacial score (nSPS) is 14.6. The van der Waals surface area contributed by atoms with Gasteiger partial charge < -0.3 is 46.9 Å². The average molecular weight is 1140 g/mol. The molecule has 3 aromatic heterocycles. The van der Waals surface area contributed by atoms with Gasteiger partial charge in [-0.3, -0.25) is 29.3 Å². The molecule has 0 atom stereocenters. The van der Waals surface area contributed by atoms with Gasteiger partial charge in [-0.15, -0.1) is 0 Å². The van der Waals surface area contributed by atoms with E-state index in [1.807, 2.05) is 147 Å². The summed E-state index contributed by atoms with van der Waals surface area (Å²) >= 11 is 0. The average Bonchev–Trinajstić information content (AvgIpc) is 3.61. The Bertz CT molecular complexity index is 3160. The second kappa shape index (κ2) is 34.5. The van der Waals surface area contributed by atoms with E-state index in [1.165, 1.54) is 0 Å². The number of likely N-dealkylation sites (tertiary alicyclic amines) is 1. The molecule has 4 heterocycles. The minimum atomic E-state index is -0.457. The van der Waals surface area contributed by atoms with Crippen molar-refractivity contribution in [1.82, 2.24) is 30.5 Å². The smallest absolute Gasteiger partial charge is 0.373 e. The number of aromatic nitrogens is 3. The number of hydrogen-bond donors (Lipinski definition) is 5. The van der Waals surface area contributed by atoms with Crippen LogP contribution in [0, 0.1) is 44.4 Å². The van der Waals surface area contributed by atoms with Gasteiger partial charge in [0.1, 0.15) is 23.9 Å². The number of nitrogens with zero attached hydrogens (tertiary/aromatic N) is 4. The third kappa shape index (κ3) is 22.3. The maximum atomic E-state index is 12.1. The zero-order valence-corrected chi connectivity index (χ0v) is 49.4. The van der Waals surface area contributed by atoms with Gasteiger partial charge in [0.25, 0.3) is 0 Å². The lowest BCUT2D eigenvalue weighted by molar-refractivity contribution is -0.193. The van der Waals surface area contributed by atoms with Crippen molar-refractivity contribution in [3.63, 3.8) is 0 Å². The third-order valence-electron chi connectivity index (χ3n) is 13.4. The van der Waals surface area contributed by atoms with Crippen molar-refractivity contribution < 1.29 is 57.4 Å². The molecule has 2 aliphatic rings. The van der Waals surface area contributed by atoms with Crippen LogP contribution >= 0.6 is 0 Å². The summed E-state index contributed by atoms with van der Waals surface area (Å²) in [7, 11) is 0. The zero-order valence-electron chi connectivity index (χ0n) is 49.4. The van der Waals surface area contributed by atoms with Crippen LogP contribution in [0.4, 0.5) is 17.1 Å². The number of carbonyl (C=O) groups excluding carboxylic acids is 9. The van der Waals surface area contributed by atoms with Crippen molar-refractivity contribution in [3.05, 3.63) is 89.9 Å². The molecule has 3 amide bonds. The zero-order chi connectivity index (χ0) is 61.8. The molecular weight excluding hydrogens is 1060 g/mol. The molecule has 1 saturated heterocycles. The number of amides is 3. The molecule has 3 aromatic carbocycles. The van der Waals surface area contributed by atoms with Gasteiger partial charge >= 0.3 is 18.5 Å². The number of ether oxygens (including phenoxy) is 3. The lowest BCUT2D eigenvalue weighted by Crippen LogP contribution is -2.47. The van der Waals surface area contributed by atoms with Crippen LogP contribution in [0.5, 0.6) is 17.2 Å². The number of anilines is 3. The number of piperidine rings is 1. The van der Waals surface area contributed by atoms with Gasteiger partial charge in [0.2, 0.25) is 17.7 Å². The van der Waals surface area contributed by atoms with Crippen molar-refractivity contribution in [2.24, 2.45) is 23.7 Å². The number of rotatable bonds is 15. The minimum absolute atomic E-state index is 0.0378. The molecule has 0 radical (unpaired) electrons. The van der Waals surface area contributed by atoms with E-state index < -0.39 is 5.54 Å². The van der Waals surface area contributed by atoms with Gasteiger partial charge in [-0.2, -0.15) is 28.8 Å². The van der Waals surface area contributed by atoms with E-state index in [-0.39, 0.29) is 54.1 Å². The van der Waals surface area contributed by atoms with Gasteiger partial charge in [-0.1, -0.05) is 39.0 Å². The molecule has 0 spiro atoms. The summed E-state index contributed by atoms with van der Waals surface area (Å²) in [5.74, 6) is 3.93. The van der Waals surface area contributed by atoms with Gasteiger partial charge in [0.15, 0.2) is 0 Å². The fraction of sp³-hybridized carbons (Fsp3) is 0.468. The Morgan fingerprint density at radius 3 is 1.35 bits per heavy atom. The standard InChI is InChI=1S/C21H29N3O2.C20H27N3O2.C18H25N3O2.3CO2/c1-13(2)23-21(25)16-9-7-15(8-10-16)12-26-19-6-4-5-18-20(19)17(22)11-14(3)24-18;1-13(2)20(24)23-9-7-15(8-10-23)12-25-18-6-4-5-17-19(18)16(21)11-14(3)22-17;1-5-7-16(22)21-18(3,4)11-23-15-9-6-8-14-17(15)13(19)10-12(2)20-14;3*2-1-3/h4-6,11,13,15-16H,7-10,12H2,1-3H3,(H2,22,24)(H,23,25);4-6,11,13,15H,7-10,12H2,1-3H3,(H2,21,22);6,8-10H,5,7,11H2,1-4H3,(H2,19,20)(H,21,22);;;. The molecule has 21 heteroatoms. The summed E-state index contributed by atoms with van der Waals surface area (Å²) in [4.78, 5) is 100. The third-order valence-corrected chi connectivity index (χ3v) is 13.4. The molecule has 1 saturated carbocycles. The molecule has 0 unspecified atom stereocenters. The number of hydrogen-bond acceptors (Lipinski definition) is 18. The van der Waals surface area contributed by atoms with Crippen molar-refractivity contribution in [2.75, 3.05) is 50.1 Å². The Kier molecular flexibility index (Phi) is 28.5. The summed E-state index contributed by atoms with van der Waals surface area (Å²) in [6.45, 7) is 22.9. The fourth-order valence-electron chi connectivity index (χ4n) is 9.68. The molecule has 6 aromatic rings. The Morgan fingerprint density at radius 2 is 0.988 bits per heavy atom. The first-order chi connectivity index (χ1) is 39.5. The van der Waals surface area contributed by atoms with Crippen LogP contribution in [0.15, 0.2) is 72.8 Å². The number of benzene rings is 3. The number of fused-ring (bicyclic) bond motifs is 3. The van der Waals surface area contributed by atoms with Crippen LogP contribution in [-0.4, -0.2) is 101 Å². The summed E-state index contributed by atoms with van der Waals surface area (Å²) in [5, 5.41) is 8.61. The fourth-order valence-corrected chi connectivity index (χ4v) is 9.68. The van der Waals surface area contributed by atoms with Gasteiger partial charge in [-0.05, 0) is 160 Å². The van der Waals surface area contributed by atoms with E-state index in [1.54, 1.807) is 0 Å². The first-order valence-electron chi connectivity index (χ1n) is 27.7. The second-order valence-electron chi connectivity index (χ2n) is 21.7. The summed E-state index contributed by atoms with van der Waals surface area (Å²) in [5.41, 5.74) is 25.3. The van der Waals surface area contributed by atoms with Gasteiger partial charge in [-0.25, -0.2) is 0 Å². The largest absolute Gasteiger partial charge is 0.493 e. The number of pyridine rings is 3. The second-order valence-corrected chi connectivity index (χ2v) is 21.7. The van der Waals surface area contributed by atoms with E-state index in [0.717, 1.165) is 119 Å². The number of nitrogen functional groups attached to an aromatic ring is 3. The maximum Gasteiger partial charge on any atom is 0.373 e. The molecule has 2 fully saturated rings. The summed E-state index contributed by atoms with van der Waals surface area (Å²) in [6, 6.07) is 23.2.